The van der Waals surface area contributed by atoms with Crippen LogP contribution < -0.4 is 9.47 Å². The maximum absolute atomic E-state index is 12.7. The lowest BCUT2D eigenvalue weighted by Crippen LogP contribution is -2.21. The van der Waals surface area contributed by atoms with Crippen LogP contribution in [0.2, 0.25) is 0 Å². The van der Waals surface area contributed by atoms with Crippen LogP contribution in [0.1, 0.15) is 28.8 Å². The lowest BCUT2D eigenvalue weighted by Gasteiger charge is -2.17. The van der Waals surface area contributed by atoms with Crippen molar-refractivity contribution in [3.8, 4) is 11.5 Å². The molecule has 2 aromatic rings. The van der Waals surface area contributed by atoms with Crippen LogP contribution in [0.25, 0.3) is 0 Å². The highest BCUT2D eigenvalue weighted by molar-refractivity contribution is 6.14. The SMILES string of the molecule is COc1ccc(OC)c(C(C(C)=O)C(=O)c2ccccc2)c1. The Morgan fingerprint density at radius 1 is 0.955 bits per heavy atom. The molecule has 0 aliphatic rings. The number of hydrogen-bond acceptors (Lipinski definition) is 4. The molecule has 1 atom stereocenters. The number of carbonyl (C=O) groups excluding carboxylic acids is 2. The molecule has 0 fully saturated rings. The Kier molecular flexibility index (Phi) is 4.94. The van der Waals surface area contributed by atoms with E-state index < -0.39 is 5.92 Å². The summed E-state index contributed by atoms with van der Waals surface area (Å²) < 4.78 is 10.5. The lowest BCUT2D eigenvalue weighted by molar-refractivity contribution is -0.117. The Labute approximate surface area is 129 Å². The van der Waals surface area contributed by atoms with Crippen LogP contribution in [0, 0.1) is 0 Å². The van der Waals surface area contributed by atoms with Crippen LogP contribution in [0.15, 0.2) is 48.5 Å². The molecule has 0 radical (unpaired) electrons. The van der Waals surface area contributed by atoms with Crippen molar-refractivity contribution in [1.29, 1.82) is 0 Å². The zero-order valence-electron chi connectivity index (χ0n) is 12.8. The van der Waals surface area contributed by atoms with Crippen LogP contribution in [-0.4, -0.2) is 25.8 Å². The van der Waals surface area contributed by atoms with Gasteiger partial charge in [0.15, 0.2) is 5.78 Å². The van der Waals surface area contributed by atoms with E-state index in [-0.39, 0.29) is 11.6 Å². The van der Waals surface area contributed by atoms with Crippen molar-refractivity contribution >= 4 is 11.6 Å². The third kappa shape index (κ3) is 3.17. The molecule has 4 nitrogen and oxygen atoms in total. The molecular weight excluding hydrogens is 280 g/mol. The number of hydrogen-bond donors (Lipinski definition) is 0. The van der Waals surface area contributed by atoms with Crippen molar-refractivity contribution in [2.24, 2.45) is 0 Å². The third-order valence-corrected chi connectivity index (χ3v) is 3.47. The highest BCUT2D eigenvalue weighted by atomic mass is 16.5. The molecule has 0 saturated heterocycles. The first-order valence-electron chi connectivity index (χ1n) is 6.90. The minimum absolute atomic E-state index is 0.236. The van der Waals surface area contributed by atoms with E-state index in [9.17, 15) is 9.59 Å². The average molecular weight is 298 g/mol. The molecule has 1 unspecified atom stereocenters. The van der Waals surface area contributed by atoms with E-state index in [0.29, 0.717) is 22.6 Å². The van der Waals surface area contributed by atoms with Crippen molar-refractivity contribution < 1.29 is 19.1 Å². The highest BCUT2D eigenvalue weighted by Gasteiger charge is 2.29. The molecule has 0 bridgehead atoms. The number of benzene rings is 2. The summed E-state index contributed by atoms with van der Waals surface area (Å²) >= 11 is 0. The zero-order valence-corrected chi connectivity index (χ0v) is 12.8. The van der Waals surface area contributed by atoms with E-state index in [1.807, 2.05) is 6.07 Å². The summed E-state index contributed by atoms with van der Waals surface area (Å²) in [5, 5.41) is 0. The molecule has 0 aromatic heterocycles. The number of rotatable bonds is 6. The Bertz CT molecular complexity index is 677. The summed E-state index contributed by atoms with van der Waals surface area (Å²) in [4.78, 5) is 24.8. The Balaban J connectivity index is 2.53. The van der Waals surface area contributed by atoms with Gasteiger partial charge in [-0.1, -0.05) is 30.3 Å². The highest BCUT2D eigenvalue weighted by Crippen LogP contribution is 2.33. The fraction of sp³-hybridized carbons (Fsp3) is 0.222. The van der Waals surface area contributed by atoms with E-state index in [0.717, 1.165) is 0 Å². The van der Waals surface area contributed by atoms with E-state index in [1.165, 1.54) is 21.1 Å². The first kappa shape index (κ1) is 15.8. The zero-order chi connectivity index (χ0) is 16.1. The van der Waals surface area contributed by atoms with Crippen molar-refractivity contribution in [3.63, 3.8) is 0 Å². The molecule has 0 aliphatic carbocycles. The Hall–Kier alpha value is -2.62. The molecule has 0 amide bonds. The van der Waals surface area contributed by atoms with Crippen molar-refractivity contribution in [2.45, 2.75) is 12.8 Å². The maximum Gasteiger partial charge on any atom is 0.177 e. The molecule has 0 N–H and O–H groups in total. The molecule has 0 aliphatic heterocycles. The summed E-state index contributed by atoms with van der Waals surface area (Å²) in [5.74, 6) is -0.333. The minimum Gasteiger partial charge on any atom is -0.497 e. The summed E-state index contributed by atoms with van der Waals surface area (Å²) in [6, 6.07) is 13.9. The largest absolute Gasteiger partial charge is 0.497 e. The summed E-state index contributed by atoms with van der Waals surface area (Å²) in [5.41, 5.74) is 1.01. The fourth-order valence-corrected chi connectivity index (χ4v) is 2.38. The van der Waals surface area contributed by atoms with E-state index in [2.05, 4.69) is 0 Å². The molecule has 0 heterocycles. The van der Waals surface area contributed by atoms with Gasteiger partial charge < -0.3 is 9.47 Å². The predicted molar refractivity (Wildman–Crippen MR) is 83.7 cm³/mol. The van der Waals surface area contributed by atoms with E-state index >= 15 is 0 Å². The fourth-order valence-electron chi connectivity index (χ4n) is 2.38. The number of carbonyl (C=O) groups is 2. The van der Waals surface area contributed by atoms with Gasteiger partial charge in [-0.15, -0.1) is 0 Å². The number of ether oxygens (including phenoxy) is 2. The number of methoxy groups -OCH3 is 2. The first-order valence-corrected chi connectivity index (χ1v) is 6.90. The van der Waals surface area contributed by atoms with Crippen molar-refractivity contribution in [3.05, 3.63) is 59.7 Å². The minimum atomic E-state index is -0.910. The van der Waals surface area contributed by atoms with Gasteiger partial charge in [0.1, 0.15) is 23.2 Å². The van der Waals surface area contributed by atoms with Gasteiger partial charge in [0, 0.05) is 11.1 Å². The quantitative estimate of drug-likeness (QED) is 0.607. The van der Waals surface area contributed by atoms with E-state index in [1.54, 1.807) is 42.5 Å². The molecule has 4 heteroatoms. The summed E-state index contributed by atoms with van der Waals surface area (Å²) in [7, 11) is 3.04. The van der Waals surface area contributed by atoms with Gasteiger partial charge in [-0.05, 0) is 25.1 Å². The van der Waals surface area contributed by atoms with Gasteiger partial charge in [0.2, 0.25) is 0 Å². The topological polar surface area (TPSA) is 52.6 Å². The van der Waals surface area contributed by atoms with Crippen molar-refractivity contribution in [1.82, 2.24) is 0 Å². The summed E-state index contributed by atoms with van der Waals surface area (Å²) in [6.07, 6.45) is 0. The van der Waals surface area contributed by atoms with Crippen LogP contribution >= 0.6 is 0 Å². The third-order valence-electron chi connectivity index (χ3n) is 3.47. The second kappa shape index (κ2) is 6.89. The van der Waals surface area contributed by atoms with Gasteiger partial charge >= 0.3 is 0 Å². The molecule has 0 spiro atoms. The molecule has 22 heavy (non-hydrogen) atoms. The van der Waals surface area contributed by atoms with Crippen LogP contribution in [0.3, 0.4) is 0 Å². The van der Waals surface area contributed by atoms with Gasteiger partial charge in [0.05, 0.1) is 14.2 Å². The second-order valence-corrected chi connectivity index (χ2v) is 4.88. The lowest BCUT2D eigenvalue weighted by atomic mass is 9.87. The number of Topliss-reactive ketones (excluding diaryl/α,β-unsaturated/α-hetero) is 2. The summed E-state index contributed by atoms with van der Waals surface area (Å²) in [6.45, 7) is 1.41. The standard InChI is InChI=1S/C18H18O4/c1-12(19)17(18(20)13-7-5-4-6-8-13)15-11-14(21-2)9-10-16(15)22-3/h4-11,17H,1-3H3. The maximum atomic E-state index is 12.7. The molecule has 2 rings (SSSR count). The Morgan fingerprint density at radius 2 is 1.64 bits per heavy atom. The average Bonchev–Trinajstić information content (AvgIpc) is 2.55. The normalized spacial score (nSPS) is 11.6. The smallest absolute Gasteiger partial charge is 0.177 e. The first-order chi connectivity index (χ1) is 10.6. The number of ketones is 2. The van der Waals surface area contributed by atoms with Gasteiger partial charge in [-0.2, -0.15) is 0 Å². The predicted octanol–water partition coefficient (Wildman–Crippen LogP) is 3.26. The van der Waals surface area contributed by atoms with Gasteiger partial charge in [-0.3, -0.25) is 9.59 Å². The van der Waals surface area contributed by atoms with Crippen LogP contribution in [0.5, 0.6) is 11.5 Å². The van der Waals surface area contributed by atoms with Gasteiger partial charge in [0.25, 0.3) is 0 Å². The molecule has 0 saturated carbocycles. The van der Waals surface area contributed by atoms with Crippen LogP contribution in [0.4, 0.5) is 0 Å². The monoisotopic (exact) mass is 298 g/mol. The Morgan fingerprint density at radius 3 is 2.18 bits per heavy atom. The van der Waals surface area contributed by atoms with Crippen LogP contribution in [-0.2, 0) is 4.79 Å². The second-order valence-electron chi connectivity index (χ2n) is 4.88. The van der Waals surface area contributed by atoms with Crippen molar-refractivity contribution in [2.75, 3.05) is 14.2 Å². The molecule has 2 aromatic carbocycles. The molecular formula is C18H18O4. The van der Waals surface area contributed by atoms with Gasteiger partial charge in [-0.25, -0.2) is 0 Å². The van der Waals surface area contributed by atoms with E-state index in [4.69, 9.17) is 9.47 Å². The molecule has 114 valence electrons.